The molecule has 0 amide bonds. The molecule has 0 radical (unpaired) electrons. The molecule has 4 rings (SSSR count). The van der Waals surface area contributed by atoms with Gasteiger partial charge in [0.25, 0.3) is 0 Å². The Morgan fingerprint density at radius 2 is 1.89 bits per heavy atom. The normalized spacial score (nSPS) is 21.8. The third-order valence-electron chi connectivity index (χ3n) is 6.40. The van der Waals surface area contributed by atoms with Crippen molar-refractivity contribution in [1.29, 1.82) is 0 Å². The van der Waals surface area contributed by atoms with Gasteiger partial charge in [0.15, 0.2) is 5.78 Å². The summed E-state index contributed by atoms with van der Waals surface area (Å²) in [6.07, 6.45) is 0.410. The van der Waals surface area contributed by atoms with Gasteiger partial charge in [0, 0.05) is 27.8 Å². The van der Waals surface area contributed by atoms with Crippen molar-refractivity contribution in [3.05, 3.63) is 74.8 Å². The number of methoxy groups -OCH3 is 1. The quantitative estimate of drug-likeness (QED) is 0.448. The van der Waals surface area contributed by atoms with Gasteiger partial charge in [-0.2, -0.15) is 0 Å². The minimum absolute atomic E-state index is 0.166. The van der Waals surface area contributed by atoms with Gasteiger partial charge in [-0.1, -0.05) is 18.2 Å². The van der Waals surface area contributed by atoms with E-state index in [4.69, 9.17) is 14.2 Å². The topological polar surface area (TPSA) is 90.9 Å². The van der Waals surface area contributed by atoms with Crippen LogP contribution in [0.2, 0.25) is 0 Å². The van der Waals surface area contributed by atoms with Gasteiger partial charge < -0.3 is 19.5 Å². The Morgan fingerprint density at radius 3 is 2.54 bits per heavy atom. The maximum atomic E-state index is 14.2. The highest BCUT2D eigenvalue weighted by molar-refractivity contribution is 7.10. The van der Waals surface area contributed by atoms with Crippen molar-refractivity contribution in [3.63, 3.8) is 0 Å². The molecule has 1 N–H and O–H groups in total. The number of allylic oxidation sites excluding steroid dienone is 3. The summed E-state index contributed by atoms with van der Waals surface area (Å²) in [7, 11) is 1.58. The van der Waals surface area contributed by atoms with Crippen molar-refractivity contribution in [2.75, 3.05) is 20.3 Å². The molecule has 7 nitrogen and oxygen atoms in total. The van der Waals surface area contributed by atoms with Gasteiger partial charge in [-0.05, 0) is 56.3 Å². The maximum Gasteiger partial charge on any atom is 0.336 e. The summed E-state index contributed by atoms with van der Waals surface area (Å²) >= 11 is 1.46. The van der Waals surface area contributed by atoms with Crippen LogP contribution in [0.3, 0.4) is 0 Å². The fraction of sp³-hybridized carbons (Fsp3) is 0.370. The fourth-order valence-corrected chi connectivity index (χ4v) is 5.78. The first-order chi connectivity index (χ1) is 16.9. The molecule has 1 aromatic heterocycles. The standard InChI is InChI=1S/C27H29NO6S/c1-5-33-26(30)21-15(3)28-19-14-18(16-9-7-10-17(13-16)32-4)22(27(31)34-6-2)25(29)23(19)24(21)20-11-8-12-35-20/h7-13,18,22,24,28H,5-6,14H2,1-4H3/t18-,22-,24+/m1/s1. The third kappa shape index (κ3) is 4.62. The minimum atomic E-state index is -1.04. The van der Waals surface area contributed by atoms with Crippen LogP contribution in [0.15, 0.2) is 64.3 Å². The average molecular weight is 496 g/mol. The summed E-state index contributed by atoms with van der Waals surface area (Å²) in [5, 5.41) is 5.22. The second-order valence-electron chi connectivity index (χ2n) is 8.41. The highest BCUT2D eigenvalue weighted by Gasteiger charge is 2.49. The molecule has 0 saturated heterocycles. The van der Waals surface area contributed by atoms with Crippen molar-refractivity contribution in [1.82, 2.24) is 5.32 Å². The minimum Gasteiger partial charge on any atom is -0.497 e. The number of rotatable bonds is 7. The number of carbonyl (C=O) groups is 3. The number of ketones is 1. The van der Waals surface area contributed by atoms with Gasteiger partial charge in [-0.3, -0.25) is 9.59 Å². The molecule has 35 heavy (non-hydrogen) atoms. The zero-order valence-corrected chi connectivity index (χ0v) is 21.1. The van der Waals surface area contributed by atoms with Gasteiger partial charge in [-0.25, -0.2) is 4.79 Å². The molecule has 8 heteroatoms. The van der Waals surface area contributed by atoms with E-state index in [1.807, 2.05) is 48.7 Å². The van der Waals surface area contributed by atoms with E-state index in [0.29, 0.717) is 34.7 Å². The maximum absolute atomic E-state index is 14.2. The molecule has 1 aromatic carbocycles. The van der Waals surface area contributed by atoms with Crippen LogP contribution >= 0.6 is 11.3 Å². The molecule has 0 fully saturated rings. The molecule has 2 aliphatic rings. The summed E-state index contributed by atoms with van der Waals surface area (Å²) in [6, 6.07) is 11.2. The van der Waals surface area contributed by atoms with E-state index in [9.17, 15) is 14.4 Å². The summed E-state index contributed by atoms with van der Waals surface area (Å²) in [5.74, 6) is -2.82. The number of ether oxygens (including phenoxy) is 3. The van der Waals surface area contributed by atoms with E-state index in [2.05, 4.69) is 5.32 Å². The number of carbonyl (C=O) groups excluding carboxylic acids is 3. The molecule has 2 aromatic rings. The van der Waals surface area contributed by atoms with Crippen molar-refractivity contribution in [3.8, 4) is 5.75 Å². The smallest absolute Gasteiger partial charge is 0.336 e. The Hall–Kier alpha value is -3.39. The highest BCUT2D eigenvalue weighted by Crippen LogP contribution is 2.49. The summed E-state index contributed by atoms with van der Waals surface area (Å²) in [5.41, 5.74) is 3.00. The van der Waals surface area contributed by atoms with Crippen LogP contribution in [0.25, 0.3) is 0 Å². The molecule has 0 spiro atoms. The lowest BCUT2D eigenvalue weighted by Crippen LogP contribution is -2.43. The molecule has 1 aliphatic heterocycles. The van der Waals surface area contributed by atoms with Crippen LogP contribution in [-0.2, 0) is 23.9 Å². The van der Waals surface area contributed by atoms with Crippen LogP contribution in [-0.4, -0.2) is 38.0 Å². The highest BCUT2D eigenvalue weighted by atomic mass is 32.1. The fourth-order valence-electron chi connectivity index (χ4n) is 4.94. The molecule has 2 heterocycles. The number of Topliss-reactive ketones (excluding diaryl/α,β-unsaturated/α-hetero) is 1. The predicted octanol–water partition coefficient (Wildman–Crippen LogP) is 4.47. The van der Waals surface area contributed by atoms with Gasteiger partial charge in [0.05, 0.1) is 31.8 Å². The number of thiophene rings is 1. The predicted molar refractivity (Wildman–Crippen MR) is 132 cm³/mol. The van der Waals surface area contributed by atoms with Crippen LogP contribution in [0.4, 0.5) is 0 Å². The van der Waals surface area contributed by atoms with Crippen molar-refractivity contribution in [2.45, 2.75) is 39.0 Å². The summed E-state index contributed by atoms with van der Waals surface area (Å²) in [6.45, 7) is 5.67. The van der Waals surface area contributed by atoms with E-state index < -0.39 is 29.7 Å². The zero-order valence-electron chi connectivity index (χ0n) is 20.3. The Morgan fingerprint density at radius 1 is 1.11 bits per heavy atom. The second-order valence-corrected chi connectivity index (χ2v) is 9.39. The summed E-state index contributed by atoms with van der Waals surface area (Å²) < 4.78 is 16.1. The Bertz CT molecular complexity index is 1200. The van der Waals surface area contributed by atoms with Crippen LogP contribution in [0, 0.1) is 5.92 Å². The van der Waals surface area contributed by atoms with Crippen LogP contribution < -0.4 is 10.1 Å². The molecule has 3 atom stereocenters. The van der Waals surface area contributed by atoms with E-state index in [1.165, 1.54) is 11.3 Å². The molecule has 0 unspecified atom stereocenters. The largest absolute Gasteiger partial charge is 0.497 e. The van der Waals surface area contributed by atoms with Crippen molar-refractivity contribution < 1.29 is 28.6 Å². The lowest BCUT2D eigenvalue weighted by Gasteiger charge is -2.39. The van der Waals surface area contributed by atoms with Crippen LogP contribution in [0.5, 0.6) is 5.75 Å². The number of esters is 2. The van der Waals surface area contributed by atoms with E-state index in [1.54, 1.807) is 21.0 Å². The molecule has 184 valence electrons. The van der Waals surface area contributed by atoms with E-state index >= 15 is 0 Å². The Labute approximate surface area is 208 Å². The van der Waals surface area contributed by atoms with Crippen molar-refractivity contribution in [2.24, 2.45) is 5.92 Å². The molecule has 1 aliphatic carbocycles. The first-order valence-corrected chi connectivity index (χ1v) is 12.5. The van der Waals surface area contributed by atoms with Gasteiger partial charge in [0.1, 0.15) is 11.7 Å². The first-order valence-electron chi connectivity index (χ1n) is 11.7. The van der Waals surface area contributed by atoms with E-state index in [0.717, 1.165) is 10.4 Å². The average Bonchev–Trinajstić information content (AvgIpc) is 3.38. The van der Waals surface area contributed by atoms with Gasteiger partial charge >= 0.3 is 11.9 Å². The monoisotopic (exact) mass is 495 g/mol. The SMILES string of the molecule is CCOC(=O)C1=C(C)NC2=C(C(=O)[C@H](C(=O)OCC)[C@@H](c3cccc(OC)c3)C2)[C@H]1c1cccs1. The number of dihydropyridines is 1. The third-order valence-corrected chi connectivity index (χ3v) is 7.34. The number of nitrogens with one attached hydrogen (secondary N) is 1. The number of hydrogen-bond donors (Lipinski definition) is 1. The Kier molecular flexibility index (Phi) is 7.40. The molecular formula is C27H29NO6S. The number of benzene rings is 1. The van der Waals surface area contributed by atoms with Crippen LogP contribution in [0.1, 0.15) is 49.5 Å². The molecule has 0 saturated carbocycles. The zero-order chi connectivity index (χ0) is 25.1. The molecular weight excluding hydrogens is 466 g/mol. The number of hydrogen-bond acceptors (Lipinski definition) is 8. The van der Waals surface area contributed by atoms with Gasteiger partial charge in [0.2, 0.25) is 0 Å². The van der Waals surface area contributed by atoms with E-state index in [-0.39, 0.29) is 19.0 Å². The first kappa shape index (κ1) is 24.7. The molecule has 0 bridgehead atoms. The summed E-state index contributed by atoms with van der Waals surface area (Å²) in [4.78, 5) is 41.2. The second kappa shape index (κ2) is 10.5. The lowest BCUT2D eigenvalue weighted by molar-refractivity contribution is -0.152. The van der Waals surface area contributed by atoms with Gasteiger partial charge in [-0.15, -0.1) is 11.3 Å². The van der Waals surface area contributed by atoms with Crippen molar-refractivity contribution >= 4 is 29.1 Å². The Balaban J connectivity index is 1.87. The lowest BCUT2D eigenvalue weighted by atomic mass is 9.68.